The van der Waals surface area contributed by atoms with Crippen LogP contribution in [-0.4, -0.2) is 17.4 Å². The van der Waals surface area contributed by atoms with Gasteiger partial charge in [-0.2, -0.15) is 0 Å². The highest BCUT2D eigenvalue weighted by atomic mass is 79.9. The van der Waals surface area contributed by atoms with Gasteiger partial charge in [0, 0.05) is 23.2 Å². The summed E-state index contributed by atoms with van der Waals surface area (Å²) in [5.41, 5.74) is 2.17. The van der Waals surface area contributed by atoms with Gasteiger partial charge >= 0.3 is 0 Å². The summed E-state index contributed by atoms with van der Waals surface area (Å²) in [6.45, 7) is 0.564. The molecule has 0 saturated carbocycles. The maximum absolute atomic E-state index is 12.8. The second kappa shape index (κ2) is 5.88. The number of amides is 1. The van der Waals surface area contributed by atoms with Gasteiger partial charge in [0.2, 0.25) is 0 Å². The van der Waals surface area contributed by atoms with Crippen molar-refractivity contribution in [1.29, 1.82) is 0 Å². The van der Waals surface area contributed by atoms with E-state index in [1.807, 2.05) is 12.1 Å². The van der Waals surface area contributed by atoms with E-state index in [4.69, 9.17) is 0 Å². The fourth-order valence-corrected chi connectivity index (χ4v) is 3.12. The second-order valence-electron chi connectivity index (χ2n) is 5.11. The number of rotatable bonds is 2. The first-order valence-corrected chi connectivity index (χ1v) is 7.71. The number of fused-ring (bicyclic) bond motifs is 1. The Morgan fingerprint density at radius 2 is 2.00 bits per heavy atom. The first-order chi connectivity index (χ1) is 10.6. The van der Waals surface area contributed by atoms with Crippen molar-refractivity contribution in [3.05, 3.63) is 68.2 Å². The lowest BCUT2D eigenvalue weighted by Crippen LogP contribution is -2.35. The molecule has 0 fully saturated rings. The number of nitro benzene ring substituents is 1. The van der Waals surface area contributed by atoms with Crippen molar-refractivity contribution in [1.82, 2.24) is 0 Å². The van der Waals surface area contributed by atoms with Gasteiger partial charge in [0.25, 0.3) is 11.6 Å². The molecule has 3 rings (SSSR count). The predicted octanol–water partition coefficient (Wildman–Crippen LogP) is 3.95. The molecule has 0 aliphatic carbocycles. The summed E-state index contributed by atoms with van der Waals surface area (Å²) in [6, 6.07) is 11.9. The van der Waals surface area contributed by atoms with E-state index in [9.17, 15) is 14.9 Å². The molecule has 6 heteroatoms. The first kappa shape index (κ1) is 14.7. The lowest BCUT2D eigenvalue weighted by molar-refractivity contribution is -0.384. The molecule has 0 atom stereocenters. The molecule has 0 unspecified atom stereocenters. The standard InChI is InChI=1S/C16H13BrN2O3/c17-14-6-2-1-5-13(14)16(20)18-9-3-4-11-7-8-12(19(21)22)10-15(11)18/h1-2,5-8,10H,3-4,9H2. The van der Waals surface area contributed by atoms with E-state index in [0.29, 0.717) is 17.8 Å². The van der Waals surface area contributed by atoms with Gasteiger partial charge in [-0.05, 0) is 46.5 Å². The Kier molecular flexibility index (Phi) is 3.94. The summed E-state index contributed by atoms with van der Waals surface area (Å²) >= 11 is 3.39. The molecule has 0 bridgehead atoms. The Labute approximate surface area is 135 Å². The molecule has 112 valence electrons. The van der Waals surface area contributed by atoms with Crippen molar-refractivity contribution in [3.8, 4) is 0 Å². The molecule has 0 saturated heterocycles. The third-order valence-corrected chi connectivity index (χ3v) is 4.44. The van der Waals surface area contributed by atoms with Crippen LogP contribution in [0.25, 0.3) is 0 Å². The van der Waals surface area contributed by atoms with Gasteiger partial charge in [0.15, 0.2) is 0 Å². The summed E-state index contributed by atoms with van der Waals surface area (Å²) in [5.74, 6) is -0.145. The summed E-state index contributed by atoms with van der Waals surface area (Å²) in [4.78, 5) is 25.0. The number of carbonyl (C=O) groups is 1. The third kappa shape index (κ3) is 2.62. The molecule has 1 aliphatic rings. The van der Waals surface area contributed by atoms with Crippen LogP contribution in [-0.2, 0) is 6.42 Å². The molecule has 2 aromatic carbocycles. The van der Waals surface area contributed by atoms with E-state index in [-0.39, 0.29) is 11.6 Å². The van der Waals surface area contributed by atoms with Crippen LogP contribution in [0.2, 0.25) is 0 Å². The minimum atomic E-state index is -0.435. The highest BCUT2D eigenvalue weighted by molar-refractivity contribution is 9.10. The number of nitrogens with zero attached hydrogens (tertiary/aromatic N) is 2. The molecular formula is C16H13BrN2O3. The highest BCUT2D eigenvalue weighted by Gasteiger charge is 2.26. The number of hydrogen-bond donors (Lipinski definition) is 0. The van der Waals surface area contributed by atoms with E-state index < -0.39 is 4.92 Å². The summed E-state index contributed by atoms with van der Waals surface area (Å²) in [5, 5.41) is 11.0. The summed E-state index contributed by atoms with van der Waals surface area (Å²) in [6.07, 6.45) is 1.67. The van der Waals surface area contributed by atoms with Crippen molar-refractivity contribution in [2.75, 3.05) is 11.4 Å². The SMILES string of the molecule is O=C(c1ccccc1Br)N1CCCc2ccc([N+](=O)[O-])cc21. The molecule has 0 spiro atoms. The second-order valence-corrected chi connectivity index (χ2v) is 5.96. The molecule has 1 aliphatic heterocycles. The summed E-state index contributed by atoms with van der Waals surface area (Å²) < 4.78 is 0.720. The maximum atomic E-state index is 12.8. The number of carbonyl (C=O) groups excluding carboxylic acids is 1. The zero-order chi connectivity index (χ0) is 15.7. The molecule has 5 nitrogen and oxygen atoms in total. The Hall–Kier alpha value is -2.21. The quantitative estimate of drug-likeness (QED) is 0.601. The lowest BCUT2D eigenvalue weighted by atomic mass is 10.00. The Balaban J connectivity index is 2.04. The van der Waals surface area contributed by atoms with E-state index in [1.54, 1.807) is 23.1 Å². The smallest absolute Gasteiger partial charge is 0.271 e. The normalized spacial score (nSPS) is 13.6. The monoisotopic (exact) mass is 360 g/mol. The largest absolute Gasteiger partial charge is 0.308 e. The number of anilines is 1. The minimum Gasteiger partial charge on any atom is -0.308 e. The van der Waals surface area contributed by atoms with Crippen LogP contribution in [0.15, 0.2) is 46.9 Å². The number of non-ortho nitro benzene ring substituents is 1. The van der Waals surface area contributed by atoms with Crippen molar-refractivity contribution < 1.29 is 9.72 Å². The first-order valence-electron chi connectivity index (χ1n) is 6.91. The van der Waals surface area contributed by atoms with Gasteiger partial charge in [0.1, 0.15) is 0 Å². The molecule has 1 heterocycles. The Bertz CT molecular complexity index is 761. The van der Waals surface area contributed by atoms with Gasteiger partial charge < -0.3 is 4.90 Å². The Morgan fingerprint density at radius 1 is 1.23 bits per heavy atom. The van der Waals surface area contributed by atoms with Crippen molar-refractivity contribution in [2.45, 2.75) is 12.8 Å². The van der Waals surface area contributed by atoms with E-state index in [0.717, 1.165) is 22.9 Å². The minimum absolute atomic E-state index is 0.00516. The predicted molar refractivity (Wildman–Crippen MR) is 87.2 cm³/mol. The summed E-state index contributed by atoms with van der Waals surface area (Å²) in [7, 11) is 0. The molecule has 1 amide bonds. The molecule has 22 heavy (non-hydrogen) atoms. The van der Waals surface area contributed by atoms with E-state index in [2.05, 4.69) is 15.9 Å². The lowest BCUT2D eigenvalue weighted by Gasteiger charge is -2.29. The van der Waals surface area contributed by atoms with Crippen LogP contribution in [0.3, 0.4) is 0 Å². The van der Waals surface area contributed by atoms with Gasteiger partial charge in [-0.25, -0.2) is 0 Å². The third-order valence-electron chi connectivity index (χ3n) is 3.75. The van der Waals surface area contributed by atoms with Crippen LogP contribution in [0.5, 0.6) is 0 Å². The van der Waals surface area contributed by atoms with Crippen molar-refractivity contribution >= 4 is 33.2 Å². The highest BCUT2D eigenvalue weighted by Crippen LogP contribution is 2.32. The fourth-order valence-electron chi connectivity index (χ4n) is 2.67. The molecular weight excluding hydrogens is 348 g/mol. The zero-order valence-electron chi connectivity index (χ0n) is 11.7. The topological polar surface area (TPSA) is 63.5 Å². The van der Waals surface area contributed by atoms with E-state index in [1.165, 1.54) is 12.1 Å². The van der Waals surface area contributed by atoms with Crippen LogP contribution >= 0.6 is 15.9 Å². The zero-order valence-corrected chi connectivity index (χ0v) is 13.2. The fraction of sp³-hybridized carbons (Fsp3) is 0.188. The van der Waals surface area contributed by atoms with Crippen LogP contribution in [0.1, 0.15) is 22.3 Å². The molecule has 0 N–H and O–H groups in total. The number of nitro groups is 1. The Morgan fingerprint density at radius 3 is 2.73 bits per heavy atom. The number of hydrogen-bond acceptors (Lipinski definition) is 3. The van der Waals surface area contributed by atoms with Gasteiger partial charge in [-0.1, -0.05) is 18.2 Å². The van der Waals surface area contributed by atoms with Gasteiger partial charge in [-0.15, -0.1) is 0 Å². The van der Waals surface area contributed by atoms with Crippen molar-refractivity contribution in [2.24, 2.45) is 0 Å². The number of aryl methyl sites for hydroxylation is 1. The van der Waals surface area contributed by atoms with E-state index >= 15 is 0 Å². The van der Waals surface area contributed by atoms with Crippen LogP contribution in [0.4, 0.5) is 11.4 Å². The van der Waals surface area contributed by atoms with Crippen LogP contribution < -0.4 is 4.90 Å². The average molecular weight is 361 g/mol. The van der Waals surface area contributed by atoms with Gasteiger partial charge in [0.05, 0.1) is 16.2 Å². The van der Waals surface area contributed by atoms with Crippen molar-refractivity contribution in [3.63, 3.8) is 0 Å². The average Bonchev–Trinajstić information content (AvgIpc) is 2.53. The molecule has 0 radical (unpaired) electrons. The number of halogens is 1. The maximum Gasteiger partial charge on any atom is 0.271 e. The van der Waals surface area contributed by atoms with Gasteiger partial charge in [-0.3, -0.25) is 14.9 Å². The number of benzene rings is 2. The van der Waals surface area contributed by atoms with Crippen LogP contribution in [0, 0.1) is 10.1 Å². The molecule has 2 aromatic rings. The molecule has 0 aromatic heterocycles.